The van der Waals surface area contributed by atoms with Gasteiger partial charge in [0.15, 0.2) is 6.29 Å². The summed E-state index contributed by atoms with van der Waals surface area (Å²) in [6.07, 6.45) is -0.884. The number of carbonyl (C=O) groups excluding carboxylic acids is 1. The van der Waals surface area contributed by atoms with Gasteiger partial charge in [0.25, 0.3) is 0 Å². The second kappa shape index (κ2) is 5.80. The molecule has 0 aromatic carbocycles. The van der Waals surface area contributed by atoms with Crippen LogP contribution in [0.1, 0.15) is 34.6 Å². The first kappa shape index (κ1) is 16.4. The molecule has 102 valence electrons. The summed E-state index contributed by atoms with van der Waals surface area (Å²) in [7, 11) is 2.81. The predicted molar refractivity (Wildman–Crippen MR) is 63.4 cm³/mol. The zero-order valence-electron chi connectivity index (χ0n) is 11.7. The van der Waals surface area contributed by atoms with Crippen LogP contribution in [0.15, 0.2) is 0 Å². The van der Waals surface area contributed by atoms with Crippen LogP contribution >= 0.6 is 0 Å². The molecule has 0 radical (unpaired) electrons. The maximum absolute atomic E-state index is 11.8. The van der Waals surface area contributed by atoms with Gasteiger partial charge in [0.1, 0.15) is 11.2 Å². The molecule has 0 aromatic rings. The molecule has 0 saturated heterocycles. The molecule has 0 aliphatic rings. The molecule has 17 heavy (non-hydrogen) atoms. The van der Waals surface area contributed by atoms with E-state index in [4.69, 9.17) is 14.2 Å². The molecular weight excluding hydrogens is 224 g/mol. The number of ether oxygens (including phenoxy) is 3. The molecule has 5 nitrogen and oxygen atoms in total. The first-order valence-electron chi connectivity index (χ1n) is 5.57. The van der Waals surface area contributed by atoms with Crippen LogP contribution in [-0.4, -0.2) is 42.8 Å². The van der Waals surface area contributed by atoms with Crippen molar-refractivity contribution in [2.24, 2.45) is 5.92 Å². The third-order valence-electron chi connectivity index (χ3n) is 2.54. The van der Waals surface area contributed by atoms with Gasteiger partial charge in [0, 0.05) is 14.2 Å². The number of hydrogen-bond donors (Lipinski definition) is 1. The lowest BCUT2D eigenvalue weighted by Gasteiger charge is -2.35. The standard InChI is InChI=1S/C12H24O5/c1-8(9(13)17-11(2,3)4)12(5,14)10(15-6)16-7/h8,10,14H,1-7H3. The minimum Gasteiger partial charge on any atom is -0.460 e. The first-order valence-corrected chi connectivity index (χ1v) is 5.57. The number of hydrogen-bond acceptors (Lipinski definition) is 5. The molecule has 0 rings (SSSR count). The van der Waals surface area contributed by atoms with Gasteiger partial charge in [-0.2, -0.15) is 0 Å². The molecule has 0 fully saturated rings. The molecule has 0 aliphatic carbocycles. The fourth-order valence-electron chi connectivity index (χ4n) is 1.41. The number of carbonyl (C=O) groups is 1. The van der Waals surface area contributed by atoms with E-state index in [9.17, 15) is 9.90 Å². The fourth-order valence-corrected chi connectivity index (χ4v) is 1.41. The average molecular weight is 248 g/mol. The van der Waals surface area contributed by atoms with E-state index >= 15 is 0 Å². The van der Waals surface area contributed by atoms with E-state index in [0.29, 0.717) is 0 Å². The highest BCUT2D eigenvalue weighted by atomic mass is 16.7. The molecule has 0 amide bonds. The molecule has 2 atom stereocenters. The highest BCUT2D eigenvalue weighted by molar-refractivity contribution is 5.73. The number of esters is 1. The van der Waals surface area contributed by atoms with Crippen molar-refractivity contribution in [2.75, 3.05) is 14.2 Å². The van der Waals surface area contributed by atoms with Crippen LogP contribution in [0.2, 0.25) is 0 Å². The van der Waals surface area contributed by atoms with Crippen molar-refractivity contribution in [1.82, 2.24) is 0 Å². The van der Waals surface area contributed by atoms with Crippen molar-refractivity contribution in [3.05, 3.63) is 0 Å². The Balaban J connectivity index is 4.78. The monoisotopic (exact) mass is 248 g/mol. The maximum atomic E-state index is 11.8. The van der Waals surface area contributed by atoms with Crippen molar-refractivity contribution >= 4 is 5.97 Å². The summed E-state index contributed by atoms with van der Waals surface area (Å²) in [6, 6.07) is 0. The lowest BCUT2D eigenvalue weighted by Crippen LogP contribution is -2.51. The van der Waals surface area contributed by atoms with Gasteiger partial charge in [-0.3, -0.25) is 4.79 Å². The second-order valence-electron chi connectivity index (χ2n) is 5.28. The molecule has 0 spiro atoms. The van der Waals surface area contributed by atoms with Crippen LogP contribution in [0, 0.1) is 5.92 Å². The molecular formula is C12H24O5. The minimum absolute atomic E-state index is 0.485. The van der Waals surface area contributed by atoms with Gasteiger partial charge in [0.05, 0.1) is 5.92 Å². The van der Waals surface area contributed by atoms with Crippen LogP contribution in [0.3, 0.4) is 0 Å². The number of methoxy groups -OCH3 is 2. The van der Waals surface area contributed by atoms with Gasteiger partial charge < -0.3 is 19.3 Å². The van der Waals surface area contributed by atoms with E-state index in [1.165, 1.54) is 21.1 Å². The topological polar surface area (TPSA) is 65.0 Å². The summed E-state index contributed by atoms with van der Waals surface area (Å²) in [5.74, 6) is -1.24. The van der Waals surface area contributed by atoms with E-state index in [2.05, 4.69) is 0 Å². The molecule has 0 aliphatic heterocycles. The van der Waals surface area contributed by atoms with Crippen LogP contribution < -0.4 is 0 Å². The molecule has 1 N–H and O–H groups in total. The quantitative estimate of drug-likeness (QED) is 0.587. The molecule has 2 unspecified atom stereocenters. The van der Waals surface area contributed by atoms with E-state index in [-0.39, 0.29) is 0 Å². The average Bonchev–Trinajstić information content (AvgIpc) is 2.15. The molecule has 5 heteroatoms. The molecule has 0 saturated carbocycles. The summed E-state index contributed by atoms with van der Waals surface area (Å²) in [5, 5.41) is 10.3. The third kappa shape index (κ3) is 4.61. The summed E-state index contributed by atoms with van der Waals surface area (Å²) in [5.41, 5.74) is -2.04. The second-order valence-corrected chi connectivity index (χ2v) is 5.28. The highest BCUT2D eigenvalue weighted by Gasteiger charge is 2.43. The van der Waals surface area contributed by atoms with Crippen LogP contribution in [0.5, 0.6) is 0 Å². The Morgan fingerprint density at radius 3 is 1.82 bits per heavy atom. The Labute approximate surface area is 103 Å². The van der Waals surface area contributed by atoms with Crippen LogP contribution in [0.25, 0.3) is 0 Å². The zero-order valence-corrected chi connectivity index (χ0v) is 11.7. The summed E-state index contributed by atoms with van der Waals surface area (Å²) >= 11 is 0. The first-order chi connectivity index (χ1) is 7.56. The Hall–Kier alpha value is -0.650. The van der Waals surface area contributed by atoms with Crippen molar-refractivity contribution in [2.45, 2.75) is 52.1 Å². The van der Waals surface area contributed by atoms with Crippen molar-refractivity contribution < 1.29 is 24.1 Å². The Morgan fingerprint density at radius 1 is 1.12 bits per heavy atom. The summed E-state index contributed by atoms with van der Waals surface area (Å²) in [6.45, 7) is 8.39. The van der Waals surface area contributed by atoms with Gasteiger partial charge in [-0.15, -0.1) is 0 Å². The summed E-state index contributed by atoms with van der Waals surface area (Å²) < 4.78 is 15.2. The van der Waals surface area contributed by atoms with Gasteiger partial charge >= 0.3 is 5.97 Å². The highest BCUT2D eigenvalue weighted by Crippen LogP contribution is 2.26. The zero-order chi connectivity index (χ0) is 13.9. The predicted octanol–water partition coefficient (Wildman–Crippen LogP) is 1.33. The SMILES string of the molecule is COC(OC)C(C)(O)C(C)C(=O)OC(C)(C)C. The largest absolute Gasteiger partial charge is 0.460 e. The van der Waals surface area contributed by atoms with Gasteiger partial charge in [-0.1, -0.05) is 0 Å². The van der Waals surface area contributed by atoms with E-state index in [0.717, 1.165) is 0 Å². The molecule has 0 aromatic heterocycles. The van der Waals surface area contributed by atoms with Gasteiger partial charge in [-0.25, -0.2) is 0 Å². The number of aliphatic hydroxyl groups is 1. The maximum Gasteiger partial charge on any atom is 0.312 e. The number of rotatable bonds is 5. The van der Waals surface area contributed by atoms with Gasteiger partial charge in [-0.05, 0) is 34.6 Å². The lowest BCUT2D eigenvalue weighted by molar-refractivity contribution is -0.231. The normalized spacial score (nSPS) is 17.7. The van der Waals surface area contributed by atoms with E-state index in [1.54, 1.807) is 27.7 Å². The Kier molecular flexibility index (Phi) is 5.58. The smallest absolute Gasteiger partial charge is 0.312 e. The van der Waals surface area contributed by atoms with Crippen LogP contribution in [-0.2, 0) is 19.0 Å². The minimum atomic E-state index is -1.45. The third-order valence-corrected chi connectivity index (χ3v) is 2.54. The van der Waals surface area contributed by atoms with Gasteiger partial charge in [0.2, 0.25) is 0 Å². The van der Waals surface area contributed by atoms with Crippen molar-refractivity contribution in [1.29, 1.82) is 0 Å². The molecule has 0 bridgehead atoms. The van der Waals surface area contributed by atoms with Crippen molar-refractivity contribution in [3.63, 3.8) is 0 Å². The van der Waals surface area contributed by atoms with E-state index in [1.807, 2.05) is 0 Å². The van der Waals surface area contributed by atoms with Crippen molar-refractivity contribution in [3.8, 4) is 0 Å². The Bertz CT molecular complexity index is 250. The lowest BCUT2D eigenvalue weighted by atomic mass is 9.90. The fraction of sp³-hybridized carbons (Fsp3) is 0.917. The molecule has 0 heterocycles. The summed E-state index contributed by atoms with van der Waals surface area (Å²) in [4.78, 5) is 11.8. The van der Waals surface area contributed by atoms with Crippen LogP contribution in [0.4, 0.5) is 0 Å². The Morgan fingerprint density at radius 2 is 1.53 bits per heavy atom. The van der Waals surface area contributed by atoms with E-state index < -0.39 is 29.4 Å².